The molecule has 0 atom stereocenters. The number of rotatable bonds is 7. The van der Waals surface area contributed by atoms with E-state index in [1.165, 1.54) is 29.0 Å². The summed E-state index contributed by atoms with van der Waals surface area (Å²) < 4.78 is 19.4. The number of carbonyl (C=O) groups is 1. The first kappa shape index (κ1) is 18.6. The first-order valence-electron chi connectivity index (χ1n) is 7.76. The Labute approximate surface area is 155 Å². The van der Waals surface area contributed by atoms with Crippen molar-refractivity contribution in [3.05, 3.63) is 74.6 Å². The molecule has 27 heavy (non-hydrogen) atoms. The van der Waals surface area contributed by atoms with E-state index < -0.39 is 11.2 Å². The van der Waals surface area contributed by atoms with Gasteiger partial charge >= 0.3 is 5.69 Å². The van der Waals surface area contributed by atoms with E-state index in [2.05, 4.69) is 20.5 Å². The molecule has 0 aliphatic heterocycles. The van der Waals surface area contributed by atoms with Gasteiger partial charge in [-0.25, -0.2) is 9.18 Å². The van der Waals surface area contributed by atoms with Gasteiger partial charge in [0.2, 0.25) is 11.8 Å². The van der Waals surface area contributed by atoms with E-state index in [0.717, 1.165) is 17.3 Å². The number of H-pyrrole nitrogens is 1. The number of hydrogen-bond donors (Lipinski definition) is 2. The fraction of sp³-hybridized carbons (Fsp3) is 0.188. The first-order chi connectivity index (χ1) is 13.0. The molecule has 0 saturated heterocycles. The largest absolute Gasteiger partial charge is 0.414 e. The fourth-order valence-corrected chi connectivity index (χ4v) is 2.67. The van der Waals surface area contributed by atoms with Gasteiger partial charge in [0.15, 0.2) is 0 Å². The molecule has 3 rings (SSSR count). The number of nitrogens with one attached hydrogen (secondary N) is 2. The smallest absolute Gasteiger partial charge is 0.328 e. The number of benzene rings is 1. The number of nitrogens with zero attached hydrogens (tertiary/aromatic N) is 3. The molecule has 140 valence electrons. The van der Waals surface area contributed by atoms with E-state index in [4.69, 9.17) is 4.42 Å². The van der Waals surface area contributed by atoms with Gasteiger partial charge < -0.3 is 9.73 Å². The van der Waals surface area contributed by atoms with Crippen molar-refractivity contribution in [1.82, 2.24) is 25.1 Å². The van der Waals surface area contributed by atoms with Gasteiger partial charge in [0.25, 0.3) is 10.8 Å². The summed E-state index contributed by atoms with van der Waals surface area (Å²) in [6.07, 6.45) is 1.32. The fourth-order valence-electron chi connectivity index (χ4n) is 2.06. The van der Waals surface area contributed by atoms with Crippen molar-refractivity contribution in [2.24, 2.45) is 0 Å². The van der Waals surface area contributed by atoms with Crippen LogP contribution in [0.2, 0.25) is 0 Å². The standard InChI is InChI=1S/C16H14FN5O4S/c17-11-3-1-10(2-4-11)7-18-13(24)9-27-16-21-20-14(26-16)8-22-6-5-12(23)19-15(22)25/h1-6H,7-9H2,(H,18,24)(H,19,23,25). The molecule has 0 fully saturated rings. The van der Waals surface area contributed by atoms with Crippen LogP contribution < -0.4 is 16.6 Å². The van der Waals surface area contributed by atoms with Gasteiger partial charge in [-0.3, -0.25) is 19.1 Å². The average molecular weight is 391 g/mol. The lowest BCUT2D eigenvalue weighted by Crippen LogP contribution is -2.28. The number of carbonyl (C=O) groups excluding carboxylic acids is 1. The quantitative estimate of drug-likeness (QED) is 0.563. The number of aromatic amines is 1. The Bertz CT molecular complexity index is 1040. The Morgan fingerprint density at radius 2 is 2.00 bits per heavy atom. The lowest BCUT2D eigenvalue weighted by atomic mass is 10.2. The molecule has 0 saturated carbocycles. The summed E-state index contributed by atoms with van der Waals surface area (Å²) in [4.78, 5) is 36.6. The SMILES string of the molecule is O=C(CSc1nnc(Cn2ccc(=O)[nH]c2=O)o1)NCc1ccc(F)cc1. The molecule has 2 heterocycles. The van der Waals surface area contributed by atoms with E-state index in [1.54, 1.807) is 12.1 Å². The highest BCUT2D eigenvalue weighted by atomic mass is 32.2. The van der Waals surface area contributed by atoms with Crippen LogP contribution in [0.5, 0.6) is 0 Å². The zero-order valence-corrected chi connectivity index (χ0v) is 14.7. The van der Waals surface area contributed by atoms with E-state index in [9.17, 15) is 18.8 Å². The van der Waals surface area contributed by atoms with E-state index in [0.29, 0.717) is 0 Å². The summed E-state index contributed by atoms with van der Waals surface area (Å²) in [6.45, 7) is 0.282. The van der Waals surface area contributed by atoms with Gasteiger partial charge in [-0.1, -0.05) is 23.9 Å². The van der Waals surface area contributed by atoms with Crippen molar-refractivity contribution in [3.8, 4) is 0 Å². The van der Waals surface area contributed by atoms with Crippen LogP contribution in [0.25, 0.3) is 0 Å². The first-order valence-corrected chi connectivity index (χ1v) is 8.74. The molecule has 2 N–H and O–H groups in total. The van der Waals surface area contributed by atoms with Crippen LogP contribution in [-0.2, 0) is 17.9 Å². The van der Waals surface area contributed by atoms with Crippen LogP contribution in [-0.4, -0.2) is 31.4 Å². The van der Waals surface area contributed by atoms with E-state index in [-0.39, 0.29) is 41.7 Å². The maximum absolute atomic E-state index is 12.8. The molecule has 9 nitrogen and oxygen atoms in total. The van der Waals surface area contributed by atoms with Crippen LogP contribution in [0.4, 0.5) is 4.39 Å². The number of thioether (sulfide) groups is 1. The van der Waals surface area contributed by atoms with Gasteiger partial charge in [0.1, 0.15) is 12.4 Å². The maximum Gasteiger partial charge on any atom is 0.328 e. The molecule has 3 aromatic rings. The van der Waals surface area contributed by atoms with Crippen molar-refractivity contribution in [2.75, 3.05) is 5.75 Å². The van der Waals surface area contributed by atoms with Crippen molar-refractivity contribution in [2.45, 2.75) is 18.3 Å². The minimum atomic E-state index is -0.588. The molecule has 11 heteroatoms. The van der Waals surface area contributed by atoms with Crippen molar-refractivity contribution in [1.29, 1.82) is 0 Å². The number of amides is 1. The maximum atomic E-state index is 12.8. The second-order valence-electron chi connectivity index (χ2n) is 5.39. The third-order valence-corrected chi connectivity index (χ3v) is 4.20. The minimum absolute atomic E-state index is 0.0000630. The summed E-state index contributed by atoms with van der Waals surface area (Å²) in [6, 6.07) is 7.03. The van der Waals surface area contributed by atoms with Gasteiger partial charge in [0, 0.05) is 18.8 Å². The molecule has 0 radical (unpaired) electrons. The second kappa shape index (κ2) is 8.45. The molecule has 1 amide bonds. The third kappa shape index (κ3) is 5.38. The van der Waals surface area contributed by atoms with Crippen LogP contribution in [0.3, 0.4) is 0 Å². The number of aromatic nitrogens is 4. The zero-order chi connectivity index (χ0) is 19.2. The molecule has 0 aliphatic rings. The summed E-state index contributed by atoms with van der Waals surface area (Å²) in [5.41, 5.74) is -0.305. The molecule has 0 unspecified atom stereocenters. The van der Waals surface area contributed by atoms with E-state index in [1.807, 2.05) is 0 Å². The van der Waals surface area contributed by atoms with Gasteiger partial charge in [-0.05, 0) is 17.7 Å². The van der Waals surface area contributed by atoms with Crippen molar-refractivity contribution < 1.29 is 13.6 Å². The molecular formula is C16H14FN5O4S. The Kier molecular flexibility index (Phi) is 5.81. The number of hydrogen-bond acceptors (Lipinski definition) is 7. The molecule has 0 bridgehead atoms. The highest BCUT2D eigenvalue weighted by molar-refractivity contribution is 7.99. The van der Waals surface area contributed by atoms with Gasteiger partial charge in [-0.2, -0.15) is 0 Å². The number of halogens is 1. The highest BCUT2D eigenvalue weighted by Crippen LogP contribution is 2.16. The lowest BCUT2D eigenvalue weighted by molar-refractivity contribution is -0.118. The Morgan fingerprint density at radius 1 is 1.22 bits per heavy atom. The van der Waals surface area contributed by atoms with Crippen molar-refractivity contribution in [3.63, 3.8) is 0 Å². The molecular weight excluding hydrogens is 377 g/mol. The Hall–Kier alpha value is -3.21. The Morgan fingerprint density at radius 3 is 2.74 bits per heavy atom. The summed E-state index contributed by atoms with van der Waals surface area (Å²) in [5, 5.41) is 10.5. The lowest BCUT2D eigenvalue weighted by Gasteiger charge is -2.04. The van der Waals surface area contributed by atoms with Crippen LogP contribution in [0.1, 0.15) is 11.5 Å². The van der Waals surface area contributed by atoms with Crippen LogP contribution in [0.15, 0.2) is 55.8 Å². The average Bonchev–Trinajstić information content (AvgIpc) is 3.09. The predicted octanol–water partition coefficient (Wildman–Crippen LogP) is 0.516. The highest BCUT2D eigenvalue weighted by Gasteiger charge is 2.11. The monoisotopic (exact) mass is 391 g/mol. The summed E-state index contributed by atoms with van der Waals surface area (Å²) in [7, 11) is 0. The predicted molar refractivity (Wildman–Crippen MR) is 93.7 cm³/mol. The van der Waals surface area contributed by atoms with Gasteiger partial charge in [-0.15, -0.1) is 10.2 Å². The van der Waals surface area contributed by atoms with Crippen molar-refractivity contribution >= 4 is 17.7 Å². The normalized spacial score (nSPS) is 10.7. The summed E-state index contributed by atoms with van der Waals surface area (Å²) >= 11 is 1.05. The molecule has 1 aromatic carbocycles. The Balaban J connectivity index is 1.48. The minimum Gasteiger partial charge on any atom is -0.414 e. The van der Waals surface area contributed by atoms with Crippen LogP contribution >= 0.6 is 11.8 Å². The van der Waals surface area contributed by atoms with Crippen LogP contribution in [0, 0.1) is 5.82 Å². The third-order valence-electron chi connectivity index (χ3n) is 3.38. The van der Waals surface area contributed by atoms with Gasteiger partial charge in [0.05, 0.1) is 5.75 Å². The molecule has 0 spiro atoms. The molecule has 2 aromatic heterocycles. The molecule has 0 aliphatic carbocycles. The summed E-state index contributed by atoms with van der Waals surface area (Å²) in [5.74, 6) is -0.363. The second-order valence-corrected chi connectivity index (χ2v) is 6.32. The zero-order valence-electron chi connectivity index (χ0n) is 13.8. The topological polar surface area (TPSA) is 123 Å². The van der Waals surface area contributed by atoms with E-state index >= 15 is 0 Å².